The number of likely N-dealkylation sites (N-methyl/N-ethyl adjacent to an activating group) is 1. The van der Waals surface area contributed by atoms with E-state index in [9.17, 15) is 23.2 Å². The number of hydrogen-bond acceptors (Lipinski definition) is 9. The Kier molecular flexibility index (Phi) is 12.3. The molecular weight excluding hydrogens is 705 g/mol. The zero-order valence-corrected chi connectivity index (χ0v) is 31.5. The summed E-state index contributed by atoms with van der Waals surface area (Å²) in [5.74, 6) is -0.464. The number of anilines is 2. The maximum atomic E-state index is 14.6. The number of piperidine rings is 2. The molecule has 1 unspecified atom stereocenters. The van der Waals surface area contributed by atoms with Crippen molar-refractivity contribution >= 4 is 34.9 Å². The largest absolute Gasteiger partial charge is 0.374 e. The highest BCUT2D eigenvalue weighted by Crippen LogP contribution is 2.37. The maximum absolute atomic E-state index is 14.6. The Labute approximate surface area is 320 Å². The highest BCUT2D eigenvalue weighted by atomic mass is 19.1. The lowest BCUT2D eigenvalue weighted by Gasteiger charge is -2.33. The predicted molar refractivity (Wildman–Crippen MR) is 207 cm³/mol. The van der Waals surface area contributed by atoms with Gasteiger partial charge in [-0.1, -0.05) is 18.6 Å². The van der Waals surface area contributed by atoms with E-state index >= 15 is 0 Å². The van der Waals surface area contributed by atoms with Gasteiger partial charge in [-0.25, -0.2) is 18.3 Å². The Hall–Kier alpha value is -4.95. The number of nitrogens with zero attached hydrogens (tertiary/aromatic N) is 6. The van der Waals surface area contributed by atoms with Crippen LogP contribution in [0.1, 0.15) is 91.2 Å². The summed E-state index contributed by atoms with van der Waals surface area (Å²) in [5.41, 5.74) is 3.37. The number of carbonyl (C=O) groups is 3. The van der Waals surface area contributed by atoms with Crippen molar-refractivity contribution in [1.82, 2.24) is 35.0 Å². The molecule has 2 atom stereocenters. The smallest absolute Gasteiger partial charge is 0.256 e. The molecule has 3 aliphatic heterocycles. The first-order valence-corrected chi connectivity index (χ1v) is 19.7. The number of aromatic nitrogens is 3. The van der Waals surface area contributed by atoms with E-state index in [1.807, 2.05) is 17.0 Å². The van der Waals surface area contributed by atoms with Gasteiger partial charge < -0.3 is 25.3 Å². The van der Waals surface area contributed by atoms with Gasteiger partial charge in [0.05, 0.1) is 12.2 Å². The summed E-state index contributed by atoms with van der Waals surface area (Å²) in [6.45, 7) is 6.42. The van der Waals surface area contributed by atoms with Gasteiger partial charge in [0.25, 0.3) is 5.91 Å². The molecule has 0 saturated carbocycles. The highest BCUT2D eigenvalue weighted by molar-refractivity contribution is 6.01. The first-order chi connectivity index (χ1) is 26.7. The van der Waals surface area contributed by atoms with E-state index in [-0.39, 0.29) is 29.8 Å². The van der Waals surface area contributed by atoms with Crippen LogP contribution in [0.4, 0.5) is 20.3 Å². The number of fused-ring (bicyclic) bond motifs is 1. The fourth-order valence-electron chi connectivity index (χ4n) is 8.09. The van der Waals surface area contributed by atoms with Crippen LogP contribution in [0.5, 0.6) is 0 Å². The summed E-state index contributed by atoms with van der Waals surface area (Å²) in [5, 5.41) is 13.0. The van der Waals surface area contributed by atoms with E-state index in [4.69, 9.17) is 4.98 Å². The molecule has 5 heterocycles. The van der Waals surface area contributed by atoms with E-state index in [2.05, 4.69) is 50.0 Å². The second-order valence-electron chi connectivity index (χ2n) is 15.1. The van der Waals surface area contributed by atoms with Crippen LogP contribution >= 0.6 is 0 Å². The predicted octanol–water partition coefficient (Wildman–Crippen LogP) is 5.28. The molecule has 0 bridgehead atoms. The molecule has 2 aromatic carbocycles. The minimum Gasteiger partial charge on any atom is -0.374 e. The molecule has 14 heteroatoms. The van der Waals surface area contributed by atoms with Gasteiger partial charge in [0, 0.05) is 50.0 Å². The molecule has 3 aliphatic rings. The summed E-state index contributed by atoms with van der Waals surface area (Å²) in [6.07, 6.45) is 10.8. The summed E-state index contributed by atoms with van der Waals surface area (Å²) < 4.78 is 30.2. The number of hydrogen-bond donors (Lipinski definition) is 3. The number of nitrogens with one attached hydrogen (secondary N) is 3. The molecule has 0 radical (unpaired) electrons. The fourth-order valence-corrected chi connectivity index (χ4v) is 8.09. The molecule has 4 aromatic rings. The molecule has 292 valence electrons. The topological polar surface area (TPSA) is 127 Å². The Morgan fingerprint density at radius 3 is 2.58 bits per heavy atom. The highest BCUT2D eigenvalue weighted by Gasteiger charge is 2.31. The van der Waals surface area contributed by atoms with Gasteiger partial charge in [0.1, 0.15) is 29.1 Å². The number of unbranched alkanes of at least 4 members (excludes halogenated alkanes) is 2. The van der Waals surface area contributed by atoms with Crippen molar-refractivity contribution in [2.24, 2.45) is 0 Å². The van der Waals surface area contributed by atoms with E-state index < -0.39 is 11.6 Å². The maximum Gasteiger partial charge on any atom is 0.256 e. The Bertz CT molecular complexity index is 1960. The summed E-state index contributed by atoms with van der Waals surface area (Å²) in [6, 6.07) is 13.0. The van der Waals surface area contributed by atoms with Crippen molar-refractivity contribution in [2.45, 2.75) is 75.8 Å². The molecule has 3 N–H and O–H groups in total. The van der Waals surface area contributed by atoms with Gasteiger partial charge in [-0.05, 0) is 120 Å². The van der Waals surface area contributed by atoms with Crippen LogP contribution in [0, 0.1) is 11.6 Å². The zero-order valence-electron chi connectivity index (χ0n) is 31.5. The standard InChI is InChI=1S/C41H51F2N9O3/c1-49(24-25-50-21-15-29(16-22-50)28-7-10-31(11-8-28)46-35-13-14-38(53)48-41(35)55)19-4-2-3-18-44-40(54)33-27-45-52-23-17-37(47-39(33)52)51-20-5-6-36(51)32-26-30(42)9-12-34(32)43/h7-12,17,23,26-27,29,35-36,46H,2-6,13-16,18-22,24-25H2,1H3,(H,44,54)(H,48,53,55)/t35?,36-/m1/s1. The number of likely N-dealkylation sites (tertiary alicyclic amines) is 1. The summed E-state index contributed by atoms with van der Waals surface area (Å²) in [7, 11) is 2.17. The van der Waals surface area contributed by atoms with Crippen LogP contribution in [-0.2, 0) is 9.59 Å². The van der Waals surface area contributed by atoms with Gasteiger partial charge in [-0.15, -0.1) is 0 Å². The number of imide groups is 1. The van der Waals surface area contributed by atoms with E-state index in [0.717, 1.165) is 83.0 Å². The Balaban J connectivity index is 0.784. The number of halogens is 2. The molecule has 3 saturated heterocycles. The van der Waals surface area contributed by atoms with Gasteiger partial charge in [0.15, 0.2) is 5.65 Å². The number of benzene rings is 2. The van der Waals surface area contributed by atoms with Crippen molar-refractivity contribution < 1.29 is 23.2 Å². The number of rotatable bonds is 15. The normalized spacial score (nSPS) is 19.7. The molecule has 7 rings (SSSR count). The lowest BCUT2D eigenvalue weighted by atomic mass is 9.89. The Morgan fingerprint density at radius 2 is 1.78 bits per heavy atom. The van der Waals surface area contributed by atoms with Gasteiger partial charge in [-0.3, -0.25) is 19.7 Å². The van der Waals surface area contributed by atoms with Crippen molar-refractivity contribution in [3.63, 3.8) is 0 Å². The number of amides is 3. The van der Waals surface area contributed by atoms with E-state index in [0.29, 0.717) is 60.9 Å². The lowest BCUT2D eigenvalue weighted by molar-refractivity contribution is -0.133. The zero-order chi connectivity index (χ0) is 38.3. The third-order valence-corrected chi connectivity index (χ3v) is 11.3. The fraction of sp³-hybridized carbons (Fsp3) is 0.488. The molecule has 0 aliphatic carbocycles. The summed E-state index contributed by atoms with van der Waals surface area (Å²) >= 11 is 0. The minimum atomic E-state index is -0.471. The molecule has 3 amide bonds. The third-order valence-electron chi connectivity index (χ3n) is 11.3. The molecular formula is C41H51F2N9O3. The SMILES string of the molecule is CN(CCCCCNC(=O)c1cnn2ccc(N3CCC[C@@H]3c3cc(F)ccc3F)nc12)CCN1CCC(c2ccc(NC3CCC(=O)NC3=O)cc2)CC1. The second kappa shape index (κ2) is 17.7. The Morgan fingerprint density at radius 1 is 0.964 bits per heavy atom. The third kappa shape index (κ3) is 9.48. The van der Waals surface area contributed by atoms with E-state index in [1.165, 1.54) is 23.9 Å². The van der Waals surface area contributed by atoms with Crippen LogP contribution in [0.2, 0.25) is 0 Å². The first kappa shape index (κ1) is 38.3. The van der Waals surface area contributed by atoms with Crippen molar-refractivity contribution in [3.05, 3.63) is 89.2 Å². The van der Waals surface area contributed by atoms with Crippen molar-refractivity contribution in [1.29, 1.82) is 0 Å². The molecule has 0 spiro atoms. The average Bonchev–Trinajstić information content (AvgIpc) is 3.86. The monoisotopic (exact) mass is 755 g/mol. The molecule has 55 heavy (non-hydrogen) atoms. The molecule has 12 nitrogen and oxygen atoms in total. The van der Waals surface area contributed by atoms with E-state index in [1.54, 1.807) is 16.8 Å². The summed E-state index contributed by atoms with van der Waals surface area (Å²) in [4.78, 5) is 48.3. The van der Waals surface area contributed by atoms with Crippen LogP contribution in [-0.4, -0.2) is 101 Å². The van der Waals surface area contributed by atoms with Crippen molar-refractivity contribution in [3.8, 4) is 0 Å². The molecule has 2 aromatic heterocycles. The van der Waals surface area contributed by atoms with Gasteiger partial charge >= 0.3 is 0 Å². The van der Waals surface area contributed by atoms with Crippen LogP contribution in [0.3, 0.4) is 0 Å². The first-order valence-electron chi connectivity index (χ1n) is 19.7. The molecule has 3 fully saturated rings. The van der Waals surface area contributed by atoms with Crippen molar-refractivity contribution in [2.75, 3.05) is 63.1 Å². The van der Waals surface area contributed by atoms with Crippen LogP contribution in [0.25, 0.3) is 5.65 Å². The second-order valence-corrected chi connectivity index (χ2v) is 15.1. The van der Waals surface area contributed by atoms with Gasteiger partial charge in [0.2, 0.25) is 11.8 Å². The van der Waals surface area contributed by atoms with Gasteiger partial charge in [-0.2, -0.15) is 5.10 Å². The quantitative estimate of drug-likeness (QED) is 0.110. The van der Waals surface area contributed by atoms with Crippen LogP contribution in [0.15, 0.2) is 60.9 Å². The minimum absolute atomic E-state index is 0.206. The number of carbonyl (C=O) groups excluding carboxylic acids is 3. The van der Waals surface area contributed by atoms with Crippen LogP contribution < -0.4 is 20.9 Å². The lowest BCUT2D eigenvalue weighted by Crippen LogP contribution is -2.47. The average molecular weight is 756 g/mol.